The first-order valence-electron chi connectivity index (χ1n) is 4.80. The molecule has 2 heterocycles. The van der Waals surface area contributed by atoms with Crippen molar-refractivity contribution in [1.82, 2.24) is 19.6 Å². The van der Waals surface area contributed by atoms with Gasteiger partial charge >= 0.3 is 0 Å². The number of rotatable bonds is 2. The fraction of sp³-hybridized carbons (Fsp3) is 0.444. The zero-order valence-corrected chi connectivity index (χ0v) is 8.69. The molecule has 2 rings (SSSR count). The van der Waals surface area contributed by atoms with E-state index in [0.29, 0.717) is 11.6 Å². The van der Waals surface area contributed by atoms with E-state index < -0.39 is 0 Å². The molecule has 0 bridgehead atoms. The molecule has 0 spiro atoms. The Morgan fingerprint density at radius 3 is 2.87 bits per heavy atom. The first kappa shape index (κ1) is 9.85. The van der Waals surface area contributed by atoms with Crippen molar-refractivity contribution in [3.63, 3.8) is 0 Å². The van der Waals surface area contributed by atoms with Crippen molar-refractivity contribution < 1.29 is 0 Å². The van der Waals surface area contributed by atoms with Crippen LogP contribution in [0.4, 0.5) is 0 Å². The van der Waals surface area contributed by atoms with Gasteiger partial charge in [-0.15, -0.1) is 0 Å². The van der Waals surface area contributed by atoms with Crippen molar-refractivity contribution in [1.29, 1.82) is 0 Å². The molecule has 15 heavy (non-hydrogen) atoms. The third-order valence-corrected chi connectivity index (χ3v) is 2.18. The molecule has 0 aromatic carbocycles. The largest absolute Gasteiger partial charge is 0.324 e. The minimum absolute atomic E-state index is 0.157. The quantitative estimate of drug-likeness (QED) is 0.725. The van der Waals surface area contributed by atoms with E-state index in [2.05, 4.69) is 15.1 Å². The monoisotopic (exact) mass is 207 g/mol. The lowest BCUT2D eigenvalue weighted by atomic mass is 10.1. The van der Waals surface area contributed by atoms with E-state index in [1.165, 1.54) is 10.6 Å². The van der Waals surface area contributed by atoms with E-state index in [1.54, 1.807) is 0 Å². The molecule has 2 aromatic heterocycles. The second-order valence-electron chi connectivity index (χ2n) is 3.68. The summed E-state index contributed by atoms with van der Waals surface area (Å²) in [6, 6.07) is 1.51. The lowest BCUT2D eigenvalue weighted by Gasteiger charge is -2.01. The molecule has 0 saturated heterocycles. The van der Waals surface area contributed by atoms with Crippen molar-refractivity contribution in [3.05, 3.63) is 27.9 Å². The normalized spacial score (nSPS) is 11.5. The topological polar surface area (TPSA) is 89.1 Å². The summed E-state index contributed by atoms with van der Waals surface area (Å²) in [7, 11) is 0. The third kappa shape index (κ3) is 1.63. The van der Waals surface area contributed by atoms with Crippen LogP contribution in [-0.2, 0) is 6.54 Å². The van der Waals surface area contributed by atoms with Crippen LogP contribution in [0, 0.1) is 0 Å². The SMILES string of the molecule is CC(C)c1cc(=O)n2[nH]c(CN)nc2n1. The standard InChI is InChI=1S/C9H13N5O/c1-5(2)6-3-8(15)14-9(11-6)12-7(4-10)13-14/h3,5H,4,10H2,1-2H3,(H,11,12,13). The van der Waals surface area contributed by atoms with E-state index in [1.807, 2.05) is 13.8 Å². The number of aromatic amines is 1. The molecular weight excluding hydrogens is 194 g/mol. The summed E-state index contributed by atoms with van der Waals surface area (Å²) < 4.78 is 1.30. The molecule has 0 aliphatic heterocycles. The van der Waals surface area contributed by atoms with Gasteiger partial charge in [-0.25, -0.2) is 4.98 Å². The summed E-state index contributed by atoms with van der Waals surface area (Å²) in [6.45, 7) is 4.23. The Hall–Kier alpha value is -1.69. The van der Waals surface area contributed by atoms with Gasteiger partial charge in [0.1, 0.15) is 5.82 Å². The van der Waals surface area contributed by atoms with Crippen molar-refractivity contribution >= 4 is 5.78 Å². The molecule has 0 aliphatic carbocycles. The predicted molar refractivity (Wildman–Crippen MR) is 55.6 cm³/mol. The molecule has 2 aromatic rings. The summed E-state index contributed by atoms with van der Waals surface area (Å²) in [5, 5.41) is 2.79. The maximum atomic E-state index is 11.6. The van der Waals surface area contributed by atoms with Gasteiger partial charge < -0.3 is 5.73 Å². The highest BCUT2D eigenvalue weighted by atomic mass is 16.1. The van der Waals surface area contributed by atoms with Gasteiger partial charge in [-0.3, -0.25) is 9.89 Å². The first-order valence-corrected chi connectivity index (χ1v) is 4.80. The van der Waals surface area contributed by atoms with E-state index in [-0.39, 0.29) is 18.0 Å². The van der Waals surface area contributed by atoms with Crippen molar-refractivity contribution in [2.75, 3.05) is 0 Å². The van der Waals surface area contributed by atoms with Gasteiger partial charge in [-0.2, -0.15) is 9.50 Å². The second-order valence-corrected chi connectivity index (χ2v) is 3.68. The summed E-state index contributed by atoms with van der Waals surface area (Å²) in [6.07, 6.45) is 0. The highest BCUT2D eigenvalue weighted by molar-refractivity contribution is 5.28. The minimum atomic E-state index is -0.157. The average Bonchev–Trinajstić information content (AvgIpc) is 2.61. The zero-order chi connectivity index (χ0) is 11.0. The van der Waals surface area contributed by atoms with Crippen LogP contribution in [0.3, 0.4) is 0 Å². The molecule has 0 saturated carbocycles. The Labute approximate surface area is 86.1 Å². The van der Waals surface area contributed by atoms with Crippen LogP contribution >= 0.6 is 0 Å². The van der Waals surface area contributed by atoms with E-state index in [0.717, 1.165) is 5.69 Å². The Balaban J connectivity index is 2.70. The molecular formula is C9H13N5O. The fourth-order valence-electron chi connectivity index (χ4n) is 1.33. The Kier molecular flexibility index (Phi) is 2.28. The number of H-pyrrole nitrogens is 1. The summed E-state index contributed by atoms with van der Waals surface area (Å²) in [4.78, 5) is 20.0. The van der Waals surface area contributed by atoms with Gasteiger partial charge in [-0.05, 0) is 5.92 Å². The predicted octanol–water partition coefficient (Wildman–Crippen LogP) is -0.000300. The lowest BCUT2D eigenvalue weighted by molar-refractivity contribution is 0.789. The van der Waals surface area contributed by atoms with Crippen LogP contribution in [0.15, 0.2) is 10.9 Å². The van der Waals surface area contributed by atoms with Gasteiger partial charge in [0.25, 0.3) is 11.3 Å². The number of nitrogens with two attached hydrogens (primary N) is 1. The second kappa shape index (κ2) is 3.47. The van der Waals surface area contributed by atoms with Crippen molar-refractivity contribution in [2.24, 2.45) is 5.73 Å². The molecule has 0 fully saturated rings. The minimum Gasteiger partial charge on any atom is -0.324 e. The molecule has 0 radical (unpaired) electrons. The number of nitrogens with zero attached hydrogens (tertiary/aromatic N) is 3. The summed E-state index contributed by atoms with van der Waals surface area (Å²) in [5.41, 5.74) is 6.01. The highest BCUT2D eigenvalue weighted by Gasteiger charge is 2.08. The van der Waals surface area contributed by atoms with Crippen LogP contribution in [0.2, 0.25) is 0 Å². The van der Waals surface area contributed by atoms with Crippen LogP contribution in [0.5, 0.6) is 0 Å². The molecule has 0 aliphatic rings. The summed E-state index contributed by atoms with van der Waals surface area (Å²) >= 11 is 0. The number of aromatic nitrogens is 4. The number of hydrogen-bond acceptors (Lipinski definition) is 4. The summed E-state index contributed by atoms with van der Waals surface area (Å²) in [5.74, 6) is 1.15. The van der Waals surface area contributed by atoms with Crippen LogP contribution in [0.25, 0.3) is 5.78 Å². The van der Waals surface area contributed by atoms with E-state index in [4.69, 9.17) is 5.73 Å². The van der Waals surface area contributed by atoms with Crippen LogP contribution in [-0.4, -0.2) is 19.6 Å². The van der Waals surface area contributed by atoms with Gasteiger partial charge in [0.2, 0.25) is 0 Å². The maximum Gasteiger partial charge on any atom is 0.274 e. The van der Waals surface area contributed by atoms with Crippen LogP contribution < -0.4 is 11.3 Å². The van der Waals surface area contributed by atoms with Gasteiger partial charge in [0.05, 0.1) is 12.2 Å². The molecule has 80 valence electrons. The fourth-order valence-corrected chi connectivity index (χ4v) is 1.33. The molecule has 0 amide bonds. The smallest absolute Gasteiger partial charge is 0.274 e. The average molecular weight is 207 g/mol. The lowest BCUT2D eigenvalue weighted by Crippen LogP contribution is -2.16. The third-order valence-electron chi connectivity index (χ3n) is 2.18. The number of fused-ring (bicyclic) bond motifs is 1. The Bertz CT molecular complexity index is 539. The Morgan fingerprint density at radius 2 is 2.27 bits per heavy atom. The number of hydrogen-bond donors (Lipinski definition) is 2. The first-order chi connectivity index (χ1) is 7.11. The van der Waals surface area contributed by atoms with Gasteiger partial charge in [0.15, 0.2) is 0 Å². The van der Waals surface area contributed by atoms with E-state index in [9.17, 15) is 4.79 Å². The van der Waals surface area contributed by atoms with E-state index >= 15 is 0 Å². The maximum absolute atomic E-state index is 11.6. The van der Waals surface area contributed by atoms with Crippen LogP contribution in [0.1, 0.15) is 31.3 Å². The molecule has 0 unspecified atom stereocenters. The van der Waals surface area contributed by atoms with Crippen molar-refractivity contribution in [2.45, 2.75) is 26.3 Å². The molecule has 6 heteroatoms. The van der Waals surface area contributed by atoms with Gasteiger partial charge in [-0.1, -0.05) is 13.8 Å². The highest BCUT2D eigenvalue weighted by Crippen LogP contribution is 2.09. The molecule has 6 nitrogen and oxygen atoms in total. The Morgan fingerprint density at radius 1 is 1.53 bits per heavy atom. The zero-order valence-electron chi connectivity index (χ0n) is 8.69. The molecule has 3 N–H and O–H groups in total. The van der Waals surface area contributed by atoms with Gasteiger partial charge in [0, 0.05) is 6.07 Å². The molecule has 0 atom stereocenters. The number of nitrogens with one attached hydrogen (secondary N) is 1. The van der Waals surface area contributed by atoms with Crippen molar-refractivity contribution in [3.8, 4) is 0 Å².